The lowest BCUT2D eigenvalue weighted by atomic mass is 10.0. The average molecular weight is 520 g/mol. The van der Waals surface area contributed by atoms with Gasteiger partial charge >= 0.3 is 0 Å². The number of piperazine rings is 1. The number of nitro groups is 1. The Balaban J connectivity index is 1.67. The van der Waals surface area contributed by atoms with Crippen molar-refractivity contribution in [3.63, 3.8) is 0 Å². The molecule has 0 bridgehead atoms. The predicted octanol–water partition coefficient (Wildman–Crippen LogP) is 3.35. The Morgan fingerprint density at radius 1 is 0.919 bits per heavy atom. The summed E-state index contributed by atoms with van der Waals surface area (Å²) in [4.78, 5) is 27.0. The van der Waals surface area contributed by atoms with Crippen LogP contribution in [-0.4, -0.2) is 59.9 Å². The molecule has 0 amide bonds. The summed E-state index contributed by atoms with van der Waals surface area (Å²) in [5.41, 5.74) is 2.38. The highest BCUT2D eigenvalue weighted by atomic mass is 32.2. The van der Waals surface area contributed by atoms with E-state index in [1.807, 2.05) is 48.2 Å². The second kappa shape index (κ2) is 9.41. The third-order valence-electron chi connectivity index (χ3n) is 6.59. The summed E-state index contributed by atoms with van der Waals surface area (Å²) in [5, 5.41) is 17.7. The molecule has 5 rings (SSSR count). The molecule has 4 aromatic rings. The van der Waals surface area contributed by atoms with Crippen molar-refractivity contribution in [1.29, 1.82) is 0 Å². The first kappa shape index (κ1) is 24.6. The van der Waals surface area contributed by atoms with Crippen LogP contribution in [0.15, 0.2) is 71.5 Å². The molecule has 10 nitrogen and oxygen atoms in total. The molecule has 2 heterocycles. The molecule has 0 aliphatic carbocycles. The van der Waals surface area contributed by atoms with Gasteiger partial charge in [0.1, 0.15) is 5.69 Å². The van der Waals surface area contributed by atoms with E-state index in [0.717, 1.165) is 15.8 Å². The van der Waals surface area contributed by atoms with Gasteiger partial charge in [0, 0.05) is 48.9 Å². The second-order valence-corrected chi connectivity index (χ2v) is 11.0. The fraction of sp³-hybridized carbons (Fsp3) is 0.231. The average Bonchev–Trinajstić information content (AvgIpc) is 2.89. The van der Waals surface area contributed by atoms with Crippen LogP contribution in [0.5, 0.6) is 0 Å². The molecule has 0 spiro atoms. The number of fused-ring (bicyclic) bond motifs is 1. The number of sulfonamides is 1. The molecule has 1 aromatic heterocycles. The largest absolute Gasteiger partial charge is 0.369 e. The van der Waals surface area contributed by atoms with Crippen LogP contribution in [0, 0.1) is 17.0 Å². The Bertz CT molecular complexity index is 1670. The lowest BCUT2D eigenvalue weighted by molar-refractivity contribution is -0.384. The van der Waals surface area contributed by atoms with E-state index in [0.29, 0.717) is 48.3 Å². The number of aryl methyl sites for hydroxylation is 1. The fourth-order valence-corrected chi connectivity index (χ4v) is 5.41. The maximum Gasteiger partial charge on any atom is 0.295 e. The molecule has 11 heteroatoms. The number of hydrogen-bond donors (Lipinski definition) is 0. The van der Waals surface area contributed by atoms with Gasteiger partial charge in [0.25, 0.3) is 11.2 Å². The lowest BCUT2D eigenvalue weighted by Gasteiger charge is -2.34. The van der Waals surface area contributed by atoms with Gasteiger partial charge in [-0.05, 0) is 25.1 Å². The number of rotatable bonds is 5. The molecular weight excluding hydrogens is 494 g/mol. The molecule has 1 fully saturated rings. The highest BCUT2D eigenvalue weighted by Gasteiger charge is 2.26. The number of aromatic nitrogens is 2. The first-order chi connectivity index (χ1) is 17.6. The summed E-state index contributed by atoms with van der Waals surface area (Å²) in [5.74, 6) is 0. The summed E-state index contributed by atoms with van der Waals surface area (Å²) in [6.07, 6.45) is 1.18. The highest BCUT2D eigenvalue weighted by Crippen LogP contribution is 2.31. The van der Waals surface area contributed by atoms with Crippen molar-refractivity contribution < 1.29 is 13.3 Å². The zero-order chi connectivity index (χ0) is 26.3. The monoisotopic (exact) mass is 519 g/mol. The maximum atomic E-state index is 13.6. The van der Waals surface area contributed by atoms with Crippen molar-refractivity contribution in [3.8, 4) is 16.9 Å². The number of nitro benzene ring substituents is 1. The Morgan fingerprint density at radius 2 is 1.57 bits per heavy atom. The van der Waals surface area contributed by atoms with Gasteiger partial charge in [0.2, 0.25) is 10.0 Å². The first-order valence-corrected chi connectivity index (χ1v) is 13.6. The van der Waals surface area contributed by atoms with Gasteiger partial charge in [-0.1, -0.05) is 48.0 Å². The van der Waals surface area contributed by atoms with Crippen molar-refractivity contribution in [2.45, 2.75) is 6.92 Å². The first-order valence-electron chi connectivity index (χ1n) is 11.7. The molecule has 0 atom stereocenters. The van der Waals surface area contributed by atoms with Crippen molar-refractivity contribution in [2.24, 2.45) is 0 Å². The van der Waals surface area contributed by atoms with Gasteiger partial charge in [-0.15, -0.1) is 0 Å². The van der Waals surface area contributed by atoms with E-state index >= 15 is 0 Å². The summed E-state index contributed by atoms with van der Waals surface area (Å²) >= 11 is 0. The van der Waals surface area contributed by atoms with Crippen molar-refractivity contribution in [1.82, 2.24) is 14.1 Å². The summed E-state index contributed by atoms with van der Waals surface area (Å²) in [6, 6.07) is 19.3. The molecule has 3 aromatic carbocycles. The van der Waals surface area contributed by atoms with Gasteiger partial charge in [0.05, 0.1) is 22.3 Å². The molecule has 0 radical (unpaired) electrons. The van der Waals surface area contributed by atoms with Crippen LogP contribution in [0.25, 0.3) is 27.7 Å². The Hall–Kier alpha value is -4.09. The zero-order valence-corrected chi connectivity index (χ0v) is 21.2. The Labute approximate surface area is 213 Å². The molecule has 0 saturated carbocycles. The molecule has 0 unspecified atom stereocenters. The number of benzene rings is 3. The van der Waals surface area contributed by atoms with Crippen LogP contribution in [0.4, 0.5) is 11.4 Å². The number of hydrogen-bond acceptors (Lipinski definition) is 7. The number of nitrogens with zero attached hydrogens (tertiary/aromatic N) is 5. The number of anilines is 1. The summed E-state index contributed by atoms with van der Waals surface area (Å²) in [7, 11) is -3.30. The van der Waals surface area contributed by atoms with E-state index in [2.05, 4.69) is 5.10 Å². The van der Waals surface area contributed by atoms with E-state index in [1.165, 1.54) is 16.6 Å². The van der Waals surface area contributed by atoms with Crippen LogP contribution in [0.2, 0.25) is 0 Å². The molecule has 1 saturated heterocycles. The van der Waals surface area contributed by atoms with Crippen LogP contribution < -0.4 is 10.5 Å². The van der Waals surface area contributed by atoms with Crippen molar-refractivity contribution >= 4 is 32.2 Å². The van der Waals surface area contributed by atoms with E-state index in [1.54, 1.807) is 24.3 Å². The second-order valence-electron chi connectivity index (χ2n) is 9.06. The topological polar surface area (TPSA) is 119 Å². The third-order valence-corrected chi connectivity index (χ3v) is 7.89. The fourth-order valence-electron chi connectivity index (χ4n) is 4.59. The smallest absolute Gasteiger partial charge is 0.295 e. The van der Waals surface area contributed by atoms with Gasteiger partial charge in [-0.2, -0.15) is 14.1 Å². The quantitative estimate of drug-likeness (QED) is 0.293. The summed E-state index contributed by atoms with van der Waals surface area (Å²) in [6.45, 7) is 3.41. The van der Waals surface area contributed by atoms with Gasteiger partial charge in [-0.3, -0.25) is 14.9 Å². The van der Waals surface area contributed by atoms with Crippen LogP contribution in [0.3, 0.4) is 0 Å². The maximum absolute atomic E-state index is 13.6. The minimum Gasteiger partial charge on any atom is -0.369 e. The molecular formula is C26H25N5O5S. The highest BCUT2D eigenvalue weighted by molar-refractivity contribution is 7.88. The Kier molecular flexibility index (Phi) is 6.26. The van der Waals surface area contributed by atoms with E-state index in [9.17, 15) is 23.3 Å². The van der Waals surface area contributed by atoms with Crippen molar-refractivity contribution in [3.05, 3.63) is 92.8 Å². The minimum atomic E-state index is -3.30. The molecule has 0 N–H and O–H groups in total. The predicted molar refractivity (Wildman–Crippen MR) is 143 cm³/mol. The SMILES string of the molecule is Cc1ccc(-c2nn(-c3cc(N4CCN(S(C)(=O)=O)CC4)ccc3[N+](=O)[O-])c(=O)c3ccccc23)cc1. The van der Waals surface area contributed by atoms with E-state index in [4.69, 9.17) is 0 Å². The molecule has 190 valence electrons. The summed E-state index contributed by atoms with van der Waals surface area (Å²) < 4.78 is 26.3. The van der Waals surface area contributed by atoms with Crippen LogP contribution in [-0.2, 0) is 10.0 Å². The minimum absolute atomic E-state index is 0.0529. The Morgan fingerprint density at radius 3 is 2.19 bits per heavy atom. The van der Waals surface area contributed by atoms with Gasteiger partial charge in [-0.25, -0.2) is 8.42 Å². The normalized spacial score (nSPS) is 14.7. The third kappa shape index (κ3) is 4.70. The zero-order valence-electron chi connectivity index (χ0n) is 20.4. The van der Waals surface area contributed by atoms with Crippen LogP contribution in [0.1, 0.15) is 5.56 Å². The van der Waals surface area contributed by atoms with E-state index < -0.39 is 20.5 Å². The van der Waals surface area contributed by atoms with E-state index in [-0.39, 0.29) is 11.4 Å². The standard InChI is InChI=1S/C26H25N5O5S/c1-18-7-9-19(10-8-18)25-21-5-3-4-6-22(21)26(32)30(27-25)24-17-20(11-12-23(24)31(33)34)28-13-15-29(16-14-28)37(2,35)36/h3-12,17H,13-16H2,1-2H3. The molecule has 37 heavy (non-hydrogen) atoms. The lowest BCUT2D eigenvalue weighted by Crippen LogP contribution is -2.48. The van der Waals surface area contributed by atoms with Crippen molar-refractivity contribution in [2.75, 3.05) is 37.3 Å². The molecule has 1 aliphatic heterocycles. The van der Waals surface area contributed by atoms with Gasteiger partial charge in [0.15, 0.2) is 0 Å². The van der Waals surface area contributed by atoms with Crippen LogP contribution >= 0.6 is 0 Å². The molecule has 1 aliphatic rings. The van der Waals surface area contributed by atoms with Gasteiger partial charge < -0.3 is 4.90 Å².